The normalized spacial score (nSPS) is 21.4. The fourth-order valence-electron chi connectivity index (χ4n) is 3.95. The third-order valence-corrected chi connectivity index (χ3v) is 5.45. The highest BCUT2D eigenvalue weighted by Crippen LogP contribution is 2.32. The maximum absolute atomic E-state index is 11.2. The Morgan fingerprint density at radius 1 is 1.15 bits per heavy atom. The van der Waals surface area contributed by atoms with Crippen LogP contribution in [0.4, 0.5) is 5.69 Å². The first-order valence-electron chi connectivity index (χ1n) is 9.25. The predicted octanol–water partition coefficient (Wildman–Crippen LogP) is -0.922. The van der Waals surface area contributed by atoms with Crippen molar-refractivity contribution < 1.29 is 24.2 Å². The van der Waals surface area contributed by atoms with Crippen molar-refractivity contribution >= 4 is 5.69 Å². The molecule has 4 rings (SSSR count). The van der Waals surface area contributed by atoms with E-state index >= 15 is 0 Å². The second-order valence-electron chi connectivity index (χ2n) is 7.30. The number of nitrogens with one attached hydrogen (secondary N) is 2. The van der Waals surface area contributed by atoms with E-state index in [1.807, 2.05) is 6.07 Å². The molecule has 1 aromatic carbocycles. The zero-order chi connectivity index (χ0) is 19.0. The van der Waals surface area contributed by atoms with Crippen molar-refractivity contribution in [2.45, 2.75) is 27.1 Å². The van der Waals surface area contributed by atoms with E-state index in [2.05, 4.69) is 17.2 Å². The van der Waals surface area contributed by atoms with Crippen molar-refractivity contribution in [2.75, 3.05) is 33.0 Å². The van der Waals surface area contributed by atoms with Gasteiger partial charge in [0.25, 0.3) is 0 Å². The smallest absolute Gasteiger partial charge is 0.312 e. The Morgan fingerprint density at radius 2 is 1.85 bits per heavy atom. The molecule has 2 aliphatic rings. The second-order valence-corrected chi connectivity index (χ2v) is 7.30. The average molecular weight is 375 g/mol. The molecule has 0 amide bonds. The van der Waals surface area contributed by atoms with Crippen LogP contribution in [0.1, 0.15) is 17.0 Å². The van der Waals surface area contributed by atoms with Gasteiger partial charge in [0.15, 0.2) is 18.2 Å². The van der Waals surface area contributed by atoms with Crippen LogP contribution < -0.4 is 19.3 Å². The molecule has 0 spiro atoms. The second kappa shape index (κ2) is 7.16. The van der Waals surface area contributed by atoms with Crippen molar-refractivity contribution in [3.63, 3.8) is 0 Å². The van der Waals surface area contributed by atoms with Crippen LogP contribution in [0, 0.1) is 24.0 Å². The van der Waals surface area contributed by atoms with E-state index in [1.165, 1.54) is 15.4 Å². The molecule has 9 heteroatoms. The van der Waals surface area contributed by atoms with Gasteiger partial charge in [-0.2, -0.15) is 5.10 Å². The maximum Gasteiger partial charge on any atom is 0.312 e. The molecule has 27 heavy (non-hydrogen) atoms. The third-order valence-electron chi connectivity index (χ3n) is 5.45. The summed E-state index contributed by atoms with van der Waals surface area (Å²) < 4.78 is 12.6. The van der Waals surface area contributed by atoms with E-state index < -0.39 is 0 Å². The molecular formula is C18H25N5O4+2. The van der Waals surface area contributed by atoms with Gasteiger partial charge in [0.2, 0.25) is 6.79 Å². The van der Waals surface area contributed by atoms with E-state index in [0.717, 1.165) is 44.2 Å². The molecule has 9 nitrogen and oxygen atoms in total. The molecular weight excluding hydrogens is 350 g/mol. The van der Waals surface area contributed by atoms with Crippen LogP contribution in [0.25, 0.3) is 0 Å². The van der Waals surface area contributed by atoms with Crippen LogP contribution in [0.2, 0.25) is 0 Å². The van der Waals surface area contributed by atoms with Crippen LogP contribution in [0.5, 0.6) is 11.5 Å². The summed E-state index contributed by atoms with van der Waals surface area (Å²) in [6.45, 7) is 9.59. The lowest BCUT2D eigenvalue weighted by Gasteiger charge is -2.29. The number of hydrogen-bond donors (Lipinski definition) is 2. The van der Waals surface area contributed by atoms with Crippen LogP contribution in [0.3, 0.4) is 0 Å². The van der Waals surface area contributed by atoms with Crippen molar-refractivity contribution in [2.24, 2.45) is 0 Å². The number of benzene rings is 1. The van der Waals surface area contributed by atoms with E-state index in [4.69, 9.17) is 9.47 Å². The SMILES string of the molecule is Cc1nn(C[NH+]2CC[NH+](Cc3ccc4c(c3)OCO4)CC2)c(C)c1[N+](=O)[O-]. The number of quaternary nitrogens is 2. The number of aromatic nitrogens is 2. The Morgan fingerprint density at radius 3 is 2.56 bits per heavy atom. The number of aryl methyl sites for hydroxylation is 1. The zero-order valence-corrected chi connectivity index (χ0v) is 15.7. The molecule has 0 radical (unpaired) electrons. The summed E-state index contributed by atoms with van der Waals surface area (Å²) in [4.78, 5) is 13.8. The predicted molar refractivity (Wildman–Crippen MR) is 96.0 cm³/mol. The summed E-state index contributed by atoms with van der Waals surface area (Å²) in [5.74, 6) is 1.66. The number of nitro groups is 1. The van der Waals surface area contributed by atoms with Crippen LogP contribution >= 0.6 is 0 Å². The van der Waals surface area contributed by atoms with Crippen molar-refractivity contribution in [3.8, 4) is 11.5 Å². The Balaban J connectivity index is 1.33. The van der Waals surface area contributed by atoms with Gasteiger partial charge in [-0.25, -0.2) is 4.68 Å². The first-order valence-corrected chi connectivity index (χ1v) is 9.25. The van der Waals surface area contributed by atoms with E-state index in [-0.39, 0.29) is 10.6 Å². The molecule has 0 saturated carbocycles. The minimum absolute atomic E-state index is 0.140. The Kier molecular flexibility index (Phi) is 4.71. The van der Waals surface area contributed by atoms with Crippen LogP contribution in [0.15, 0.2) is 18.2 Å². The highest BCUT2D eigenvalue weighted by molar-refractivity contribution is 5.44. The number of rotatable bonds is 5. The number of fused-ring (bicyclic) bond motifs is 1. The Bertz CT molecular complexity index is 858. The Hall–Kier alpha value is -2.65. The van der Waals surface area contributed by atoms with Crippen molar-refractivity contribution in [1.29, 1.82) is 0 Å². The highest BCUT2D eigenvalue weighted by atomic mass is 16.7. The number of nitrogens with zero attached hydrogens (tertiary/aromatic N) is 3. The topological polar surface area (TPSA) is 88.3 Å². The Labute approximate surface area is 157 Å². The van der Waals surface area contributed by atoms with Crippen molar-refractivity contribution in [3.05, 3.63) is 45.3 Å². The van der Waals surface area contributed by atoms with Crippen LogP contribution in [-0.4, -0.2) is 47.7 Å². The molecule has 0 bridgehead atoms. The summed E-state index contributed by atoms with van der Waals surface area (Å²) in [5, 5.41) is 15.5. The lowest BCUT2D eigenvalue weighted by atomic mass is 10.1. The molecule has 144 valence electrons. The molecule has 1 aromatic heterocycles. The molecule has 2 aliphatic heterocycles. The summed E-state index contributed by atoms with van der Waals surface area (Å²) >= 11 is 0. The number of ether oxygens (including phenoxy) is 2. The van der Waals surface area contributed by atoms with Gasteiger partial charge in [0.1, 0.15) is 44.1 Å². The molecule has 3 heterocycles. The van der Waals surface area contributed by atoms with E-state index in [9.17, 15) is 10.1 Å². The quantitative estimate of drug-likeness (QED) is 0.521. The zero-order valence-electron chi connectivity index (χ0n) is 15.7. The minimum atomic E-state index is -0.336. The minimum Gasteiger partial charge on any atom is -0.454 e. The largest absolute Gasteiger partial charge is 0.454 e. The third kappa shape index (κ3) is 3.60. The van der Waals surface area contributed by atoms with Gasteiger partial charge in [-0.05, 0) is 32.0 Å². The molecule has 1 fully saturated rings. The number of piperazine rings is 1. The fourth-order valence-corrected chi connectivity index (χ4v) is 3.95. The summed E-state index contributed by atoms with van der Waals surface area (Å²) in [7, 11) is 0. The molecule has 0 unspecified atom stereocenters. The summed E-state index contributed by atoms with van der Waals surface area (Å²) in [6.07, 6.45) is 0. The fraction of sp³-hybridized carbons (Fsp3) is 0.500. The van der Waals surface area contributed by atoms with Gasteiger partial charge in [-0.15, -0.1) is 0 Å². The van der Waals surface area contributed by atoms with Gasteiger partial charge >= 0.3 is 5.69 Å². The standard InChI is InChI=1S/C18H23N5O4/c1-13-18(23(24)25)14(2)22(19-13)11-21-7-5-20(6-8-21)10-15-3-4-16-17(9-15)27-12-26-16/h3-4,9H,5-8,10-12H2,1-2H3/p+2. The molecule has 2 N–H and O–H groups in total. The van der Waals surface area contributed by atoms with Gasteiger partial charge in [-0.3, -0.25) is 10.1 Å². The summed E-state index contributed by atoms with van der Waals surface area (Å²) in [6, 6.07) is 6.16. The maximum atomic E-state index is 11.2. The molecule has 0 aliphatic carbocycles. The monoisotopic (exact) mass is 375 g/mol. The van der Waals surface area contributed by atoms with Gasteiger partial charge in [0.05, 0.1) is 4.92 Å². The molecule has 0 atom stereocenters. The average Bonchev–Trinajstić information content (AvgIpc) is 3.20. The van der Waals surface area contributed by atoms with Gasteiger partial charge < -0.3 is 19.3 Å². The van der Waals surface area contributed by atoms with Crippen molar-refractivity contribution in [1.82, 2.24) is 9.78 Å². The van der Waals surface area contributed by atoms with E-state index in [1.54, 1.807) is 18.5 Å². The lowest BCUT2D eigenvalue weighted by molar-refractivity contribution is -1.03. The molecule has 2 aromatic rings. The lowest BCUT2D eigenvalue weighted by Crippen LogP contribution is -3.27. The first-order chi connectivity index (χ1) is 13.0. The first kappa shape index (κ1) is 17.7. The van der Waals surface area contributed by atoms with Gasteiger partial charge in [0, 0.05) is 5.56 Å². The molecule has 1 saturated heterocycles. The van der Waals surface area contributed by atoms with E-state index in [0.29, 0.717) is 24.8 Å². The highest BCUT2D eigenvalue weighted by Gasteiger charge is 2.27. The van der Waals surface area contributed by atoms with Gasteiger partial charge in [-0.1, -0.05) is 0 Å². The number of hydrogen-bond acceptors (Lipinski definition) is 5. The van der Waals surface area contributed by atoms with Crippen LogP contribution in [-0.2, 0) is 13.2 Å². The summed E-state index contributed by atoms with van der Waals surface area (Å²) in [5.41, 5.74) is 2.53.